The Morgan fingerprint density at radius 2 is 2.00 bits per heavy atom. The standard InChI is InChI=1S/C24H30ClN5OS/c1-14-8-7-11-21(15(14)2)27-22(31)13-32-24-28-23-26-16(3)19(17(4)30(23)29-24)12-18-9-5-6-10-20(18)25/h5-6,9-10,14-15,21H,7-8,11-13H2,1-4H3,(H,27,31)/t14-,15+,21+/m0/s1. The van der Waals surface area contributed by atoms with E-state index in [1.165, 1.54) is 24.6 Å². The van der Waals surface area contributed by atoms with Crippen LogP contribution in [0.1, 0.15) is 55.6 Å². The number of thioether (sulfide) groups is 1. The molecule has 0 bridgehead atoms. The summed E-state index contributed by atoms with van der Waals surface area (Å²) in [6, 6.07) is 8.11. The number of halogens is 1. The summed E-state index contributed by atoms with van der Waals surface area (Å²) in [5.41, 5.74) is 4.04. The minimum Gasteiger partial charge on any atom is -0.352 e. The number of hydrogen-bond acceptors (Lipinski definition) is 5. The number of nitrogens with one attached hydrogen (secondary N) is 1. The first kappa shape index (κ1) is 23.1. The average molecular weight is 472 g/mol. The van der Waals surface area contributed by atoms with Crippen molar-refractivity contribution in [2.75, 3.05) is 5.75 Å². The van der Waals surface area contributed by atoms with Gasteiger partial charge in [0, 0.05) is 28.9 Å². The maximum absolute atomic E-state index is 12.5. The van der Waals surface area contributed by atoms with Crippen LogP contribution in [0.5, 0.6) is 0 Å². The number of amides is 1. The molecule has 2 aromatic heterocycles. The number of benzene rings is 1. The van der Waals surface area contributed by atoms with Crippen LogP contribution in [0.3, 0.4) is 0 Å². The van der Waals surface area contributed by atoms with E-state index >= 15 is 0 Å². The second-order valence-electron chi connectivity index (χ2n) is 8.87. The SMILES string of the molecule is Cc1nc2nc(SCC(=O)N[C@@H]3CCC[C@H](C)[C@H]3C)nn2c(C)c1Cc1ccccc1Cl. The van der Waals surface area contributed by atoms with E-state index in [0.29, 0.717) is 34.9 Å². The Kier molecular flexibility index (Phi) is 7.05. The number of aromatic nitrogens is 4. The van der Waals surface area contributed by atoms with Gasteiger partial charge in [0.25, 0.3) is 5.78 Å². The monoisotopic (exact) mass is 471 g/mol. The summed E-state index contributed by atoms with van der Waals surface area (Å²) in [6.07, 6.45) is 4.17. The van der Waals surface area contributed by atoms with Gasteiger partial charge in [-0.2, -0.15) is 4.98 Å². The average Bonchev–Trinajstić information content (AvgIpc) is 3.17. The molecular formula is C24H30ClN5OS. The third kappa shape index (κ3) is 4.94. The van der Waals surface area contributed by atoms with Gasteiger partial charge in [0.05, 0.1) is 5.75 Å². The molecule has 170 valence electrons. The lowest BCUT2D eigenvalue weighted by molar-refractivity contribution is -0.120. The summed E-state index contributed by atoms with van der Waals surface area (Å²) in [7, 11) is 0. The molecule has 0 spiro atoms. The lowest BCUT2D eigenvalue weighted by Gasteiger charge is -2.34. The van der Waals surface area contributed by atoms with Gasteiger partial charge in [0.1, 0.15) is 0 Å². The number of fused-ring (bicyclic) bond motifs is 1. The summed E-state index contributed by atoms with van der Waals surface area (Å²) in [5, 5.41) is 9.14. The van der Waals surface area contributed by atoms with Gasteiger partial charge >= 0.3 is 0 Å². The number of aryl methyl sites for hydroxylation is 2. The van der Waals surface area contributed by atoms with Gasteiger partial charge in [-0.05, 0) is 49.3 Å². The summed E-state index contributed by atoms with van der Waals surface area (Å²) in [4.78, 5) is 21.7. The number of carbonyl (C=O) groups is 1. The topological polar surface area (TPSA) is 72.2 Å². The molecule has 1 amide bonds. The highest BCUT2D eigenvalue weighted by Gasteiger charge is 2.28. The van der Waals surface area contributed by atoms with Gasteiger partial charge in [-0.1, -0.05) is 68.3 Å². The third-order valence-electron chi connectivity index (χ3n) is 6.74. The van der Waals surface area contributed by atoms with Crippen LogP contribution in [0.15, 0.2) is 29.4 Å². The van der Waals surface area contributed by atoms with E-state index in [4.69, 9.17) is 11.6 Å². The minimum atomic E-state index is 0.0417. The molecule has 3 aromatic rings. The van der Waals surface area contributed by atoms with Gasteiger partial charge in [-0.25, -0.2) is 9.50 Å². The zero-order valence-electron chi connectivity index (χ0n) is 19.1. The summed E-state index contributed by atoms with van der Waals surface area (Å²) < 4.78 is 1.77. The molecule has 1 N–H and O–H groups in total. The van der Waals surface area contributed by atoms with Crippen LogP contribution in [-0.4, -0.2) is 37.3 Å². The minimum absolute atomic E-state index is 0.0417. The Hall–Kier alpha value is -2.12. The Morgan fingerprint density at radius 3 is 2.78 bits per heavy atom. The molecule has 2 heterocycles. The lowest BCUT2D eigenvalue weighted by atomic mass is 9.78. The summed E-state index contributed by atoms with van der Waals surface area (Å²) >= 11 is 7.72. The Balaban J connectivity index is 1.46. The van der Waals surface area contributed by atoms with Crippen LogP contribution >= 0.6 is 23.4 Å². The van der Waals surface area contributed by atoms with Crippen molar-refractivity contribution in [3.8, 4) is 0 Å². The maximum atomic E-state index is 12.5. The molecule has 0 radical (unpaired) electrons. The molecular weight excluding hydrogens is 442 g/mol. The largest absolute Gasteiger partial charge is 0.352 e. The van der Waals surface area contributed by atoms with E-state index in [1.54, 1.807) is 4.52 Å². The zero-order chi connectivity index (χ0) is 22.8. The van der Waals surface area contributed by atoms with Crippen molar-refractivity contribution < 1.29 is 4.79 Å². The predicted molar refractivity (Wildman–Crippen MR) is 129 cm³/mol. The second-order valence-corrected chi connectivity index (χ2v) is 10.2. The molecule has 1 saturated carbocycles. The molecule has 0 unspecified atom stereocenters. The summed E-state index contributed by atoms with van der Waals surface area (Å²) in [6.45, 7) is 8.52. The van der Waals surface area contributed by atoms with E-state index in [2.05, 4.69) is 34.2 Å². The Bertz CT molecular complexity index is 1130. The van der Waals surface area contributed by atoms with Gasteiger partial charge in [-0.15, -0.1) is 5.10 Å². The van der Waals surface area contributed by atoms with Crippen LogP contribution in [0.25, 0.3) is 5.78 Å². The molecule has 8 heteroatoms. The van der Waals surface area contributed by atoms with Crippen molar-refractivity contribution in [2.24, 2.45) is 11.8 Å². The van der Waals surface area contributed by atoms with Crippen molar-refractivity contribution in [3.05, 3.63) is 51.8 Å². The third-order valence-corrected chi connectivity index (χ3v) is 7.95. The first-order valence-corrected chi connectivity index (χ1v) is 12.6. The van der Waals surface area contributed by atoms with Crippen LogP contribution < -0.4 is 5.32 Å². The van der Waals surface area contributed by atoms with Gasteiger partial charge in [0.15, 0.2) is 0 Å². The molecule has 1 aromatic carbocycles. The van der Waals surface area contributed by atoms with Crippen molar-refractivity contribution in [2.45, 2.75) is 64.6 Å². The van der Waals surface area contributed by atoms with E-state index in [1.807, 2.05) is 38.1 Å². The number of hydrogen-bond donors (Lipinski definition) is 1. The molecule has 32 heavy (non-hydrogen) atoms. The van der Waals surface area contributed by atoms with Gasteiger partial charge in [-0.3, -0.25) is 4.79 Å². The predicted octanol–water partition coefficient (Wildman–Crippen LogP) is 5.02. The van der Waals surface area contributed by atoms with Crippen molar-refractivity contribution in [1.82, 2.24) is 24.9 Å². The highest BCUT2D eigenvalue weighted by molar-refractivity contribution is 7.99. The highest BCUT2D eigenvalue weighted by atomic mass is 35.5. The smallest absolute Gasteiger partial charge is 0.253 e. The number of nitrogens with zero attached hydrogens (tertiary/aromatic N) is 4. The van der Waals surface area contributed by atoms with E-state index in [9.17, 15) is 4.79 Å². The van der Waals surface area contributed by atoms with Crippen LogP contribution in [0.2, 0.25) is 5.02 Å². The summed E-state index contributed by atoms with van der Waals surface area (Å²) in [5.74, 6) is 2.07. The van der Waals surface area contributed by atoms with Gasteiger partial charge < -0.3 is 5.32 Å². The first-order chi connectivity index (χ1) is 15.3. The Labute approximate surface area is 198 Å². The lowest BCUT2D eigenvalue weighted by Crippen LogP contribution is -2.44. The fraction of sp³-hybridized carbons (Fsp3) is 0.500. The molecule has 4 rings (SSSR count). The molecule has 1 fully saturated rings. The van der Waals surface area contributed by atoms with E-state index in [0.717, 1.165) is 34.0 Å². The van der Waals surface area contributed by atoms with Crippen LogP contribution in [-0.2, 0) is 11.2 Å². The second kappa shape index (κ2) is 9.79. The highest BCUT2D eigenvalue weighted by Crippen LogP contribution is 2.29. The Morgan fingerprint density at radius 1 is 1.22 bits per heavy atom. The number of carbonyl (C=O) groups excluding carboxylic acids is 1. The fourth-order valence-electron chi connectivity index (χ4n) is 4.50. The molecule has 3 atom stereocenters. The van der Waals surface area contributed by atoms with Crippen molar-refractivity contribution in [1.29, 1.82) is 0 Å². The zero-order valence-corrected chi connectivity index (χ0v) is 20.6. The molecule has 0 saturated heterocycles. The van der Waals surface area contributed by atoms with Crippen LogP contribution in [0.4, 0.5) is 0 Å². The quantitative estimate of drug-likeness (QED) is 0.511. The van der Waals surface area contributed by atoms with Crippen molar-refractivity contribution >= 4 is 35.0 Å². The molecule has 1 aliphatic carbocycles. The van der Waals surface area contributed by atoms with Crippen LogP contribution in [0, 0.1) is 25.7 Å². The first-order valence-electron chi connectivity index (χ1n) is 11.2. The number of rotatable bonds is 6. The molecule has 6 nitrogen and oxygen atoms in total. The molecule has 0 aliphatic heterocycles. The van der Waals surface area contributed by atoms with E-state index < -0.39 is 0 Å². The van der Waals surface area contributed by atoms with Gasteiger partial charge in [0.2, 0.25) is 11.1 Å². The normalized spacial score (nSPS) is 21.1. The van der Waals surface area contributed by atoms with E-state index in [-0.39, 0.29) is 11.9 Å². The maximum Gasteiger partial charge on any atom is 0.253 e. The van der Waals surface area contributed by atoms with Crippen molar-refractivity contribution in [3.63, 3.8) is 0 Å². The molecule has 1 aliphatic rings. The fourth-order valence-corrected chi connectivity index (χ4v) is 5.34.